The predicted molar refractivity (Wildman–Crippen MR) is 99.0 cm³/mol. The molecule has 1 saturated heterocycles. The number of aliphatic hydroxyl groups excluding tert-OH is 1. The number of aromatic amines is 1. The Balaban J connectivity index is 1.52. The number of rotatable bonds is 5. The molecule has 6 nitrogen and oxygen atoms in total. The Morgan fingerprint density at radius 2 is 2.00 bits per heavy atom. The number of nitrogens with one attached hydrogen (secondary N) is 1. The number of carbonyl (C=O) groups excluding carboxylic acids is 1. The van der Waals surface area contributed by atoms with Crippen molar-refractivity contribution < 1.29 is 9.90 Å². The molecular formula is C20H25N3O3. The van der Waals surface area contributed by atoms with Gasteiger partial charge in [0.05, 0.1) is 6.10 Å². The zero-order valence-corrected chi connectivity index (χ0v) is 15.0. The molecule has 1 atom stereocenters. The molecule has 1 amide bonds. The highest BCUT2D eigenvalue weighted by Gasteiger charge is 2.28. The zero-order chi connectivity index (χ0) is 18.5. The lowest BCUT2D eigenvalue weighted by Gasteiger charge is -2.34. The van der Waals surface area contributed by atoms with Gasteiger partial charge in [0.1, 0.15) is 11.4 Å². The summed E-state index contributed by atoms with van der Waals surface area (Å²) in [6.07, 6.45) is 4.06. The van der Waals surface area contributed by atoms with Crippen molar-refractivity contribution in [1.29, 1.82) is 0 Å². The van der Waals surface area contributed by atoms with Crippen LogP contribution in [0.25, 0.3) is 0 Å². The Hall–Kier alpha value is -2.47. The van der Waals surface area contributed by atoms with Gasteiger partial charge in [0.25, 0.3) is 11.5 Å². The van der Waals surface area contributed by atoms with E-state index in [0.29, 0.717) is 18.9 Å². The number of aliphatic hydroxyl groups is 1. The summed E-state index contributed by atoms with van der Waals surface area (Å²) in [4.78, 5) is 32.7. The minimum atomic E-state index is -0.396. The molecule has 3 rings (SSSR count). The van der Waals surface area contributed by atoms with Crippen LogP contribution in [0.3, 0.4) is 0 Å². The number of carbonyl (C=O) groups is 1. The third kappa shape index (κ3) is 4.38. The van der Waals surface area contributed by atoms with Gasteiger partial charge in [-0.1, -0.05) is 30.3 Å². The quantitative estimate of drug-likeness (QED) is 0.858. The maximum Gasteiger partial charge on any atom is 0.263 e. The Kier molecular flexibility index (Phi) is 5.83. The van der Waals surface area contributed by atoms with Crippen LogP contribution in [-0.4, -0.2) is 45.1 Å². The van der Waals surface area contributed by atoms with Gasteiger partial charge in [0.15, 0.2) is 0 Å². The van der Waals surface area contributed by atoms with Gasteiger partial charge in [-0.3, -0.25) is 9.59 Å². The van der Waals surface area contributed by atoms with Crippen molar-refractivity contribution in [2.45, 2.75) is 38.7 Å². The van der Waals surface area contributed by atoms with Crippen LogP contribution in [-0.2, 0) is 6.42 Å². The Morgan fingerprint density at radius 1 is 1.31 bits per heavy atom. The van der Waals surface area contributed by atoms with Crippen molar-refractivity contribution in [3.8, 4) is 0 Å². The number of likely N-dealkylation sites (tertiary alicyclic amines) is 1. The van der Waals surface area contributed by atoms with E-state index < -0.39 is 5.56 Å². The van der Waals surface area contributed by atoms with Gasteiger partial charge in [-0.2, -0.15) is 0 Å². The molecule has 1 aromatic heterocycles. The molecule has 2 aromatic rings. The lowest BCUT2D eigenvalue weighted by atomic mass is 9.88. The summed E-state index contributed by atoms with van der Waals surface area (Å²) < 4.78 is 0. The first-order valence-corrected chi connectivity index (χ1v) is 9.12. The summed E-state index contributed by atoms with van der Waals surface area (Å²) in [6, 6.07) is 10.1. The van der Waals surface area contributed by atoms with Gasteiger partial charge in [0.2, 0.25) is 0 Å². The molecule has 2 heterocycles. The Bertz CT molecular complexity index is 795. The number of nitrogens with zero attached hydrogens (tertiary/aromatic N) is 2. The summed E-state index contributed by atoms with van der Waals surface area (Å²) in [5.41, 5.74) is 0.913. The second kappa shape index (κ2) is 8.27. The van der Waals surface area contributed by atoms with Gasteiger partial charge < -0.3 is 15.0 Å². The van der Waals surface area contributed by atoms with Crippen molar-refractivity contribution in [2.75, 3.05) is 13.1 Å². The molecule has 26 heavy (non-hydrogen) atoms. The second-order valence-electron chi connectivity index (χ2n) is 6.93. The smallest absolute Gasteiger partial charge is 0.263 e. The van der Waals surface area contributed by atoms with E-state index in [1.165, 1.54) is 11.8 Å². The van der Waals surface area contributed by atoms with Crippen LogP contribution < -0.4 is 5.56 Å². The fourth-order valence-corrected chi connectivity index (χ4v) is 3.49. The number of hydrogen-bond acceptors (Lipinski definition) is 4. The molecule has 1 unspecified atom stereocenters. The predicted octanol–water partition coefficient (Wildman–Crippen LogP) is 1.92. The standard InChI is InChI=1S/C20H25N3O3/c1-14-21-13-17(19(25)22-14)20(26)23-11-9-16(10-12-23)18(24)8-7-15-5-3-2-4-6-15/h2-6,13,16,18,24H,7-12H2,1H3,(H,21,22,25). The van der Waals surface area contributed by atoms with E-state index in [4.69, 9.17) is 0 Å². The van der Waals surface area contributed by atoms with E-state index in [1.807, 2.05) is 18.2 Å². The molecule has 1 aromatic carbocycles. The molecule has 0 saturated carbocycles. The maximum absolute atomic E-state index is 12.5. The van der Waals surface area contributed by atoms with Crippen molar-refractivity contribution in [1.82, 2.24) is 14.9 Å². The fourth-order valence-electron chi connectivity index (χ4n) is 3.49. The SMILES string of the molecule is Cc1ncc(C(=O)N2CCC(C(O)CCc3ccccc3)CC2)c(=O)[nH]1. The molecule has 2 N–H and O–H groups in total. The maximum atomic E-state index is 12.5. The third-order valence-corrected chi connectivity index (χ3v) is 5.10. The first-order valence-electron chi connectivity index (χ1n) is 9.12. The van der Waals surface area contributed by atoms with Gasteiger partial charge in [-0.05, 0) is 44.1 Å². The third-order valence-electron chi connectivity index (χ3n) is 5.10. The Labute approximate surface area is 152 Å². The lowest BCUT2D eigenvalue weighted by molar-refractivity contribution is 0.0435. The number of H-pyrrole nitrogens is 1. The van der Waals surface area contributed by atoms with E-state index >= 15 is 0 Å². The summed E-state index contributed by atoms with van der Waals surface area (Å²) in [7, 11) is 0. The van der Waals surface area contributed by atoms with E-state index in [-0.39, 0.29) is 23.5 Å². The van der Waals surface area contributed by atoms with Crippen LogP contribution in [0.2, 0.25) is 0 Å². The number of piperidine rings is 1. The topological polar surface area (TPSA) is 86.3 Å². The highest BCUT2D eigenvalue weighted by Crippen LogP contribution is 2.24. The molecule has 1 aliphatic rings. The van der Waals surface area contributed by atoms with Crippen LogP contribution in [0.1, 0.15) is 41.0 Å². The van der Waals surface area contributed by atoms with Crippen molar-refractivity contribution in [3.63, 3.8) is 0 Å². The summed E-state index contributed by atoms with van der Waals surface area (Å²) in [5, 5.41) is 10.5. The van der Waals surface area contributed by atoms with Crippen LogP contribution in [0.15, 0.2) is 41.3 Å². The van der Waals surface area contributed by atoms with Crippen molar-refractivity contribution in [3.05, 3.63) is 63.8 Å². The van der Waals surface area contributed by atoms with E-state index in [1.54, 1.807) is 11.8 Å². The fraction of sp³-hybridized carbons (Fsp3) is 0.450. The first-order chi connectivity index (χ1) is 12.5. The molecular weight excluding hydrogens is 330 g/mol. The number of benzene rings is 1. The largest absolute Gasteiger partial charge is 0.393 e. The number of aryl methyl sites for hydroxylation is 2. The molecule has 0 spiro atoms. The minimum Gasteiger partial charge on any atom is -0.393 e. The van der Waals surface area contributed by atoms with Gasteiger partial charge >= 0.3 is 0 Å². The van der Waals surface area contributed by atoms with Crippen LogP contribution in [0.5, 0.6) is 0 Å². The normalized spacial score (nSPS) is 16.5. The van der Waals surface area contributed by atoms with Gasteiger partial charge in [0, 0.05) is 19.3 Å². The number of amides is 1. The Morgan fingerprint density at radius 3 is 2.65 bits per heavy atom. The highest BCUT2D eigenvalue weighted by atomic mass is 16.3. The van der Waals surface area contributed by atoms with Crippen LogP contribution >= 0.6 is 0 Å². The van der Waals surface area contributed by atoms with Crippen molar-refractivity contribution >= 4 is 5.91 Å². The summed E-state index contributed by atoms with van der Waals surface area (Å²) >= 11 is 0. The molecule has 138 valence electrons. The zero-order valence-electron chi connectivity index (χ0n) is 15.0. The van der Waals surface area contributed by atoms with E-state index in [0.717, 1.165) is 25.7 Å². The molecule has 0 radical (unpaired) electrons. The molecule has 6 heteroatoms. The van der Waals surface area contributed by atoms with Crippen molar-refractivity contribution in [2.24, 2.45) is 5.92 Å². The molecule has 1 fully saturated rings. The van der Waals surface area contributed by atoms with E-state index in [2.05, 4.69) is 22.1 Å². The van der Waals surface area contributed by atoms with Gasteiger partial charge in [-0.15, -0.1) is 0 Å². The monoisotopic (exact) mass is 355 g/mol. The lowest BCUT2D eigenvalue weighted by Crippen LogP contribution is -2.43. The molecule has 0 aliphatic carbocycles. The second-order valence-corrected chi connectivity index (χ2v) is 6.93. The molecule has 0 bridgehead atoms. The average molecular weight is 355 g/mol. The minimum absolute atomic E-state index is 0.0821. The summed E-state index contributed by atoms with van der Waals surface area (Å²) in [5.74, 6) is 0.403. The summed E-state index contributed by atoms with van der Waals surface area (Å²) in [6.45, 7) is 2.79. The van der Waals surface area contributed by atoms with Crippen LogP contribution in [0, 0.1) is 12.8 Å². The van der Waals surface area contributed by atoms with E-state index in [9.17, 15) is 14.7 Å². The number of aromatic nitrogens is 2. The molecule has 1 aliphatic heterocycles. The van der Waals surface area contributed by atoms with Crippen LogP contribution in [0.4, 0.5) is 0 Å². The highest BCUT2D eigenvalue weighted by molar-refractivity contribution is 5.93. The first kappa shape index (κ1) is 18.3. The average Bonchev–Trinajstić information content (AvgIpc) is 2.66. The van der Waals surface area contributed by atoms with Gasteiger partial charge in [-0.25, -0.2) is 4.98 Å². The number of hydrogen-bond donors (Lipinski definition) is 2.